The summed E-state index contributed by atoms with van der Waals surface area (Å²) in [6, 6.07) is 0.693. The molecule has 0 aromatic rings. The van der Waals surface area contributed by atoms with Crippen molar-refractivity contribution in [2.45, 2.75) is 58.9 Å². The fourth-order valence-electron chi connectivity index (χ4n) is 3.57. The average molecular weight is 282 g/mol. The number of nitrogens with zero attached hydrogens (tertiary/aromatic N) is 1. The van der Waals surface area contributed by atoms with Gasteiger partial charge in [-0.25, -0.2) is 0 Å². The fourth-order valence-corrected chi connectivity index (χ4v) is 3.57. The molecule has 2 aliphatic heterocycles. The summed E-state index contributed by atoms with van der Waals surface area (Å²) >= 11 is 0. The van der Waals surface area contributed by atoms with E-state index in [0.29, 0.717) is 11.5 Å². The molecule has 0 radical (unpaired) electrons. The maximum absolute atomic E-state index is 5.41. The lowest BCUT2D eigenvalue weighted by Crippen LogP contribution is -2.40. The van der Waals surface area contributed by atoms with Crippen LogP contribution in [0.5, 0.6) is 0 Å². The molecule has 0 aromatic heterocycles. The Morgan fingerprint density at radius 3 is 2.50 bits per heavy atom. The monoisotopic (exact) mass is 282 g/mol. The van der Waals surface area contributed by atoms with Gasteiger partial charge in [-0.2, -0.15) is 0 Å². The van der Waals surface area contributed by atoms with E-state index >= 15 is 0 Å². The predicted molar refractivity (Wildman–Crippen MR) is 85.1 cm³/mol. The zero-order chi connectivity index (χ0) is 14.4. The summed E-state index contributed by atoms with van der Waals surface area (Å²) in [5, 5.41) is 3.71. The molecule has 2 heterocycles. The lowest BCUT2D eigenvalue weighted by atomic mass is 9.77. The van der Waals surface area contributed by atoms with E-state index in [1.54, 1.807) is 0 Å². The van der Waals surface area contributed by atoms with Crippen molar-refractivity contribution in [3.8, 4) is 0 Å². The molecular weight excluding hydrogens is 248 g/mol. The minimum atomic E-state index is 0.482. The Hall–Kier alpha value is -0.120. The van der Waals surface area contributed by atoms with Crippen molar-refractivity contribution >= 4 is 0 Å². The second kappa shape index (κ2) is 7.77. The maximum Gasteiger partial charge on any atom is 0.0480 e. The van der Waals surface area contributed by atoms with Crippen molar-refractivity contribution in [2.24, 2.45) is 11.3 Å². The highest BCUT2D eigenvalue weighted by atomic mass is 16.5. The first-order valence-corrected chi connectivity index (χ1v) is 8.59. The van der Waals surface area contributed by atoms with Crippen LogP contribution in [0, 0.1) is 11.3 Å². The van der Waals surface area contributed by atoms with E-state index in [1.165, 1.54) is 51.7 Å². The van der Waals surface area contributed by atoms with E-state index < -0.39 is 0 Å². The van der Waals surface area contributed by atoms with Crippen LogP contribution in [0.4, 0.5) is 0 Å². The smallest absolute Gasteiger partial charge is 0.0480 e. The Labute approximate surface area is 125 Å². The Morgan fingerprint density at radius 1 is 1.05 bits per heavy atom. The lowest BCUT2D eigenvalue weighted by Gasteiger charge is -2.30. The number of nitrogens with one attached hydrogen (secondary N) is 1. The molecule has 2 fully saturated rings. The zero-order valence-electron chi connectivity index (χ0n) is 13.8. The van der Waals surface area contributed by atoms with Gasteiger partial charge in [-0.3, -0.25) is 0 Å². The fraction of sp³-hybridized carbons (Fsp3) is 1.00. The standard InChI is InChI=1S/C17H34N2O/c1-17(2,3)15-5-4-10-19(11-6-15)12-9-18-16-7-13-20-14-8-16/h15-16,18H,4-14H2,1-3H3. The van der Waals surface area contributed by atoms with Gasteiger partial charge in [0.05, 0.1) is 0 Å². The maximum atomic E-state index is 5.41. The molecule has 1 N–H and O–H groups in total. The minimum Gasteiger partial charge on any atom is -0.381 e. The highest BCUT2D eigenvalue weighted by molar-refractivity contribution is 4.79. The molecule has 0 aromatic carbocycles. The number of hydrogen-bond donors (Lipinski definition) is 1. The van der Waals surface area contributed by atoms with Gasteiger partial charge in [-0.15, -0.1) is 0 Å². The van der Waals surface area contributed by atoms with Gasteiger partial charge in [0.1, 0.15) is 0 Å². The second-order valence-corrected chi connectivity index (χ2v) is 7.68. The quantitative estimate of drug-likeness (QED) is 0.858. The third-order valence-corrected chi connectivity index (χ3v) is 5.13. The van der Waals surface area contributed by atoms with Crippen LogP contribution >= 0.6 is 0 Å². The number of likely N-dealkylation sites (tertiary alicyclic amines) is 1. The van der Waals surface area contributed by atoms with Crippen LogP contribution in [0.3, 0.4) is 0 Å². The Bertz CT molecular complexity index is 269. The molecule has 0 aliphatic carbocycles. The molecule has 3 heteroatoms. The highest BCUT2D eigenvalue weighted by Gasteiger charge is 2.26. The molecule has 2 rings (SSSR count). The molecule has 1 atom stereocenters. The normalized spacial score (nSPS) is 27.4. The minimum absolute atomic E-state index is 0.482. The highest BCUT2D eigenvalue weighted by Crippen LogP contribution is 2.34. The second-order valence-electron chi connectivity index (χ2n) is 7.68. The molecule has 0 saturated carbocycles. The molecule has 2 aliphatic rings. The third-order valence-electron chi connectivity index (χ3n) is 5.13. The topological polar surface area (TPSA) is 24.5 Å². The van der Waals surface area contributed by atoms with Gasteiger partial charge >= 0.3 is 0 Å². The van der Waals surface area contributed by atoms with E-state index in [4.69, 9.17) is 4.74 Å². The van der Waals surface area contributed by atoms with E-state index in [2.05, 4.69) is 31.0 Å². The van der Waals surface area contributed by atoms with Gasteiger partial charge < -0.3 is 15.0 Å². The molecule has 3 nitrogen and oxygen atoms in total. The Morgan fingerprint density at radius 2 is 1.80 bits per heavy atom. The summed E-state index contributed by atoms with van der Waals surface area (Å²) in [6.07, 6.45) is 6.53. The summed E-state index contributed by atoms with van der Waals surface area (Å²) in [6.45, 7) is 14.0. The summed E-state index contributed by atoms with van der Waals surface area (Å²) in [4.78, 5) is 2.66. The third kappa shape index (κ3) is 5.34. The van der Waals surface area contributed by atoms with Crippen molar-refractivity contribution in [2.75, 3.05) is 39.4 Å². The van der Waals surface area contributed by atoms with Crippen LogP contribution in [0.1, 0.15) is 52.9 Å². The van der Waals surface area contributed by atoms with Crippen LogP contribution in [0.15, 0.2) is 0 Å². The van der Waals surface area contributed by atoms with Crippen molar-refractivity contribution in [3.05, 3.63) is 0 Å². The lowest BCUT2D eigenvalue weighted by molar-refractivity contribution is 0.0772. The molecule has 118 valence electrons. The van der Waals surface area contributed by atoms with E-state index in [9.17, 15) is 0 Å². The summed E-state index contributed by atoms with van der Waals surface area (Å²) in [5.74, 6) is 0.899. The van der Waals surface area contributed by atoms with Crippen LogP contribution in [-0.4, -0.2) is 50.3 Å². The first-order valence-electron chi connectivity index (χ1n) is 8.59. The molecule has 20 heavy (non-hydrogen) atoms. The average Bonchev–Trinajstić information content (AvgIpc) is 2.65. The van der Waals surface area contributed by atoms with Crippen LogP contribution in [0.25, 0.3) is 0 Å². The number of ether oxygens (including phenoxy) is 1. The largest absolute Gasteiger partial charge is 0.381 e. The Kier molecular flexibility index (Phi) is 6.31. The predicted octanol–water partition coefficient (Wildman–Crippen LogP) is 2.90. The molecule has 0 amide bonds. The Balaban J connectivity index is 1.64. The zero-order valence-corrected chi connectivity index (χ0v) is 13.8. The SMILES string of the molecule is CC(C)(C)C1CCCN(CCNC2CCOCC2)CC1. The molecule has 1 unspecified atom stereocenters. The van der Waals surface area contributed by atoms with Crippen molar-refractivity contribution in [1.82, 2.24) is 10.2 Å². The summed E-state index contributed by atoms with van der Waals surface area (Å²) in [5.41, 5.74) is 0.482. The van der Waals surface area contributed by atoms with E-state index in [1.807, 2.05) is 0 Å². The summed E-state index contributed by atoms with van der Waals surface area (Å²) < 4.78 is 5.41. The van der Waals surface area contributed by atoms with Gasteiger partial charge in [0, 0.05) is 32.3 Å². The van der Waals surface area contributed by atoms with Crippen molar-refractivity contribution in [1.29, 1.82) is 0 Å². The van der Waals surface area contributed by atoms with Crippen molar-refractivity contribution < 1.29 is 4.74 Å². The number of hydrogen-bond acceptors (Lipinski definition) is 3. The van der Waals surface area contributed by atoms with Crippen LogP contribution < -0.4 is 5.32 Å². The van der Waals surface area contributed by atoms with E-state index in [-0.39, 0.29) is 0 Å². The first kappa shape index (κ1) is 16.3. The molecular formula is C17H34N2O. The number of rotatable bonds is 4. The first-order chi connectivity index (χ1) is 9.55. The summed E-state index contributed by atoms with van der Waals surface area (Å²) in [7, 11) is 0. The van der Waals surface area contributed by atoms with Gasteiger partial charge in [0.15, 0.2) is 0 Å². The molecule has 0 bridgehead atoms. The molecule has 0 spiro atoms. The van der Waals surface area contributed by atoms with Gasteiger partial charge in [0.25, 0.3) is 0 Å². The van der Waals surface area contributed by atoms with Crippen LogP contribution in [0.2, 0.25) is 0 Å². The van der Waals surface area contributed by atoms with E-state index in [0.717, 1.165) is 25.7 Å². The van der Waals surface area contributed by atoms with Gasteiger partial charge in [0.2, 0.25) is 0 Å². The van der Waals surface area contributed by atoms with Crippen molar-refractivity contribution in [3.63, 3.8) is 0 Å². The van der Waals surface area contributed by atoms with Gasteiger partial charge in [-0.05, 0) is 56.5 Å². The molecule has 2 saturated heterocycles. The van der Waals surface area contributed by atoms with Gasteiger partial charge in [-0.1, -0.05) is 20.8 Å². The van der Waals surface area contributed by atoms with Crippen LogP contribution in [-0.2, 0) is 4.74 Å².